The van der Waals surface area contributed by atoms with Gasteiger partial charge in [-0.05, 0) is 46.9 Å². The minimum Gasteiger partial charge on any atom is -0.481 e. The van der Waals surface area contributed by atoms with Crippen LogP contribution in [0.3, 0.4) is 0 Å². The Hall–Kier alpha value is -2.82. The third-order valence-electron chi connectivity index (χ3n) is 6.59. The second-order valence-corrected chi connectivity index (χ2v) is 8.71. The Balaban J connectivity index is 1.43. The highest BCUT2D eigenvalue weighted by molar-refractivity contribution is 5.79. The number of carboxylic acid groups (broad SMARTS) is 1. The largest absolute Gasteiger partial charge is 0.481 e. The number of hydrogen-bond acceptors (Lipinski definition) is 3. The minimum atomic E-state index is -0.892. The number of fused-ring (bicyclic) bond motifs is 3. The molecule has 0 spiro atoms. The third-order valence-corrected chi connectivity index (χ3v) is 6.59. The maximum absolute atomic E-state index is 12.6. The van der Waals surface area contributed by atoms with E-state index >= 15 is 0 Å². The van der Waals surface area contributed by atoms with Crippen molar-refractivity contribution in [1.29, 1.82) is 0 Å². The van der Waals surface area contributed by atoms with Crippen LogP contribution in [0.2, 0.25) is 0 Å². The van der Waals surface area contributed by atoms with Crippen molar-refractivity contribution in [2.75, 3.05) is 6.61 Å². The number of benzene rings is 2. The Morgan fingerprint density at radius 1 is 1.07 bits per heavy atom. The molecule has 1 fully saturated rings. The summed E-state index contributed by atoms with van der Waals surface area (Å²) in [6, 6.07) is 16.0. The lowest BCUT2D eigenvalue weighted by molar-refractivity contribution is -0.138. The van der Waals surface area contributed by atoms with Gasteiger partial charge in [0.2, 0.25) is 0 Å². The van der Waals surface area contributed by atoms with Crippen molar-refractivity contribution in [1.82, 2.24) is 5.32 Å². The number of nitrogens with one attached hydrogen (secondary N) is 1. The molecular formula is C25H29NO4. The summed E-state index contributed by atoms with van der Waals surface area (Å²) in [5, 5.41) is 12.2. The van der Waals surface area contributed by atoms with Crippen molar-refractivity contribution >= 4 is 12.1 Å². The molecule has 0 bridgehead atoms. The lowest BCUT2D eigenvalue weighted by Gasteiger charge is -2.33. The van der Waals surface area contributed by atoms with Crippen molar-refractivity contribution in [2.45, 2.75) is 51.0 Å². The van der Waals surface area contributed by atoms with Gasteiger partial charge in [0.1, 0.15) is 6.61 Å². The van der Waals surface area contributed by atoms with E-state index < -0.39 is 12.1 Å². The van der Waals surface area contributed by atoms with Crippen molar-refractivity contribution in [2.24, 2.45) is 11.8 Å². The summed E-state index contributed by atoms with van der Waals surface area (Å²) in [6.45, 7) is 2.43. The summed E-state index contributed by atoms with van der Waals surface area (Å²) in [5.41, 5.74) is 4.69. The van der Waals surface area contributed by atoms with Crippen LogP contribution in [0.25, 0.3) is 11.1 Å². The summed E-state index contributed by atoms with van der Waals surface area (Å²) >= 11 is 0. The maximum Gasteiger partial charge on any atom is 0.407 e. The molecular weight excluding hydrogens is 378 g/mol. The van der Waals surface area contributed by atoms with E-state index in [1.165, 1.54) is 17.5 Å². The van der Waals surface area contributed by atoms with Crippen molar-refractivity contribution < 1.29 is 19.4 Å². The van der Waals surface area contributed by atoms with Crippen LogP contribution in [0.5, 0.6) is 0 Å². The average Bonchev–Trinajstić information content (AvgIpc) is 3.05. The van der Waals surface area contributed by atoms with Crippen LogP contribution in [-0.4, -0.2) is 29.8 Å². The summed E-state index contributed by atoms with van der Waals surface area (Å²) in [5.74, 6) is -0.150. The van der Waals surface area contributed by atoms with E-state index in [2.05, 4.69) is 36.5 Å². The Morgan fingerprint density at radius 2 is 1.70 bits per heavy atom. The fourth-order valence-corrected chi connectivity index (χ4v) is 5.16. The first-order chi connectivity index (χ1) is 14.5. The smallest absolute Gasteiger partial charge is 0.407 e. The number of carbonyl (C=O) groups excluding carboxylic acids is 1. The molecule has 2 aromatic carbocycles. The van der Waals surface area contributed by atoms with Gasteiger partial charge in [-0.3, -0.25) is 4.79 Å². The highest BCUT2D eigenvalue weighted by atomic mass is 16.5. The number of ether oxygens (including phenoxy) is 1. The van der Waals surface area contributed by atoms with Gasteiger partial charge in [0.05, 0.1) is 6.42 Å². The van der Waals surface area contributed by atoms with E-state index in [-0.39, 0.29) is 30.9 Å². The molecule has 0 radical (unpaired) electrons. The lowest BCUT2D eigenvalue weighted by Crippen LogP contribution is -2.43. The predicted octanol–water partition coefficient (Wildman–Crippen LogP) is 5.19. The van der Waals surface area contributed by atoms with Gasteiger partial charge in [-0.2, -0.15) is 0 Å². The minimum absolute atomic E-state index is 0.00391. The number of hydrogen-bond donors (Lipinski definition) is 2. The Morgan fingerprint density at radius 3 is 2.30 bits per heavy atom. The van der Waals surface area contributed by atoms with Gasteiger partial charge in [-0.1, -0.05) is 68.3 Å². The number of alkyl carbamates (subject to hydrolysis) is 1. The number of carbonyl (C=O) groups is 2. The Kier molecular flexibility index (Phi) is 6.07. The highest BCUT2D eigenvalue weighted by Gasteiger charge is 2.32. The molecule has 1 saturated carbocycles. The number of aliphatic carboxylic acids is 1. The summed E-state index contributed by atoms with van der Waals surface area (Å²) < 4.78 is 5.63. The fraction of sp³-hybridized carbons (Fsp3) is 0.440. The van der Waals surface area contributed by atoms with Crippen LogP contribution in [0.4, 0.5) is 4.79 Å². The van der Waals surface area contributed by atoms with E-state index in [1.54, 1.807) is 0 Å². The second kappa shape index (κ2) is 8.90. The molecule has 2 aliphatic carbocycles. The molecule has 2 N–H and O–H groups in total. The van der Waals surface area contributed by atoms with Gasteiger partial charge in [0, 0.05) is 12.0 Å². The molecule has 0 saturated heterocycles. The molecule has 2 aromatic rings. The molecule has 5 nitrogen and oxygen atoms in total. The van der Waals surface area contributed by atoms with Gasteiger partial charge < -0.3 is 15.2 Å². The zero-order valence-electron chi connectivity index (χ0n) is 17.3. The molecule has 4 rings (SSSR count). The van der Waals surface area contributed by atoms with Crippen LogP contribution < -0.4 is 5.32 Å². The third kappa shape index (κ3) is 4.35. The van der Waals surface area contributed by atoms with E-state index in [9.17, 15) is 14.7 Å². The molecule has 5 heteroatoms. The first-order valence-electron chi connectivity index (χ1n) is 10.9. The SMILES string of the molecule is CC1CCCC([C@H](CC(=O)O)NC(=O)OCC2c3ccccc3-c3ccccc32)C1. The summed E-state index contributed by atoms with van der Waals surface area (Å²) in [4.78, 5) is 24.0. The topological polar surface area (TPSA) is 75.6 Å². The van der Waals surface area contributed by atoms with Crippen LogP contribution in [0, 0.1) is 11.8 Å². The Labute approximate surface area is 177 Å². The van der Waals surface area contributed by atoms with Crippen LogP contribution >= 0.6 is 0 Å². The monoisotopic (exact) mass is 407 g/mol. The molecule has 30 heavy (non-hydrogen) atoms. The standard InChI is InChI=1S/C25H29NO4/c1-16-7-6-8-17(13-16)23(14-24(27)28)26-25(29)30-15-22-20-11-4-2-9-18(20)19-10-3-5-12-21(19)22/h2-5,9-12,16-17,22-23H,6-8,13-15H2,1H3,(H,26,29)(H,27,28)/t16?,17?,23-/m0/s1. The van der Waals surface area contributed by atoms with Crippen molar-refractivity contribution in [3.8, 4) is 11.1 Å². The van der Waals surface area contributed by atoms with E-state index in [0.29, 0.717) is 5.92 Å². The predicted molar refractivity (Wildman–Crippen MR) is 115 cm³/mol. The molecule has 2 aliphatic rings. The number of carboxylic acids is 1. The van der Waals surface area contributed by atoms with Crippen LogP contribution in [-0.2, 0) is 9.53 Å². The normalized spacial score (nSPS) is 21.4. The number of amides is 1. The van der Waals surface area contributed by atoms with Gasteiger partial charge >= 0.3 is 12.1 Å². The van der Waals surface area contributed by atoms with Gasteiger partial charge in [-0.25, -0.2) is 4.79 Å². The highest BCUT2D eigenvalue weighted by Crippen LogP contribution is 2.44. The molecule has 0 heterocycles. The summed E-state index contributed by atoms with van der Waals surface area (Å²) in [6.07, 6.45) is 3.55. The first-order valence-corrected chi connectivity index (χ1v) is 10.9. The van der Waals surface area contributed by atoms with Gasteiger partial charge in [-0.15, -0.1) is 0 Å². The summed E-state index contributed by atoms with van der Waals surface area (Å²) in [7, 11) is 0. The molecule has 158 valence electrons. The lowest BCUT2D eigenvalue weighted by atomic mass is 9.78. The average molecular weight is 408 g/mol. The molecule has 1 amide bonds. The second-order valence-electron chi connectivity index (χ2n) is 8.71. The van der Waals surface area contributed by atoms with Crippen molar-refractivity contribution in [3.63, 3.8) is 0 Å². The molecule has 2 unspecified atom stereocenters. The van der Waals surface area contributed by atoms with E-state index in [0.717, 1.165) is 30.4 Å². The zero-order chi connectivity index (χ0) is 21.1. The van der Waals surface area contributed by atoms with Crippen LogP contribution in [0.1, 0.15) is 56.1 Å². The number of rotatable bonds is 6. The van der Waals surface area contributed by atoms with Crippen LogP contribution in [0.15, 0.2) is 48.5 Å². The Bertz CT molecular complexity index is 879. The van der Waals surface area contributed by atoms with Gasteiger partial charge in [0.25, 0.3) is 0 Å². The zero-order valence-corrected chi connectivity index (χ0v) is 17.3. The molecule has 0 aromatic heterocycles. The maximum atomic E-state index is 12.6. The van der Waals surface area contributed by atoms with E-state index in [4.69, 9.17) is 4.74 Å². The molecule has 0 aliphatic heterocycles. The fourth-order valence-electron chi connectivity index (χ4n) is 5.16. The quantitative estimate of drug-likeness (QED) is 0.691. The van der Waals surface area contributed by atoms with E-state index in [1.807, 2.05) is 24.3 Å². The molecule has 3 atom stereocenters. The van der Waals surface area contributed by atoms with Crippen molar-refractivity contribution in [3.05, 3.63) is 59.7 Å². The first kappa shape index (κ1) is 20.5. The van der Waals surface area contributed by atoms with Gasteiger partial charge in [0.15, 0.2) is 0 Å².